The summed E-state index contributed by atoms with van der Waals surface area (Å²) in [6, 6.07) is 2.50. The molecular weight excluding hydrogens is 377 g/mol. The van der Waals surface area contributed by atoms with E-state index >= 15 is 0 Å². The maximum Gasteiger partial charge on any atom is 0.225 e. The molecule has 0 spiro atoms. The van der Waals surface area contributed by atoms with Crippen molar-refractivity contribution in [2.75, 3.05) is 19.6 Å². The average Bonchev–Trinajstić information content (AvgIpc) is 3.27. The number of amides is 1. The second-order valence-electron chi connectivity index (χ2n) is 6.98. The lowest BCUT2D eigenvalue weighted by Gasteiger charge is -2.31. The molecule has 1 heterocycles. The van der Waals surface area contributed by atoms with Crippen molar-refractivity contribution < 1.29 is 4.79 Å². The Morgan fingerprint density at radius 1 is 1.32 bits per heavy atom. The highest BCUT2D eigenvalue weighted by atomic mass is 35.5. The van der Waals surface area contributed by atoms with Crippen LogP contribution >= 0.6 is 36.2 Å². The standard InChI is InChI=1S/C18H29N3OS.2ClH/c1-3-21(4-2)15(14-7-8-23-11-14)10-20-18(22)16-12-5-6-13(9-12)17(16)19;;/h7-8,11-13,15-17H,3-6,9-10,19H2,1-2H3,(H,20,22);2*1H. The Kier molecular flexibility index (Phi) is 9.19. The molecule has 0 saturated heterocycles. The molecule has 5 unspecified atom stereocenters. The van der Waals surface area contributed by atoms with Crippen LogP contribution in [0.25, 0.3) is 0 Å². The molecule has 1 aromatic heterocycles. The van der Waals surface area contributed by atoms with Gasteiger partial charge in [0.2, 0.25) is 5.91 Å². The maximum atomic E-state index is 12.7. The van der Waals surface area contributed by atoms with Gasteiger partial charge in [-0.15, -0.1) is 24.8 Å². The minimum atomic E-state index is 0. The molecule has 0 aromatic carbocycles. The SMILES string of the molecule is CCN(CC)C(CNC(=O)C1C2CCC(C2)C1N)c1ccsc1.Cl.Cl. The van der Waals surface area contributed by atoms with Gasteiger partial charge in [-0.1, -0.05) is 13.8 Å². The van der Waals surface area contributed by atoms with Crippen molar-refractivity contribution in [1.82, 2.24) is 10.2 Å². The van der Waals surface area contributed by atoms with Crippen LogP contribution in [0.5, 0.6) is 0 Å². The molecule has 0 aliphatic heterocycles. The summed E-state index contributed by atoms with van der Waals surface area (Å²) in [5.74, 6) is 1.31. The number of nitrogens with one attached hydrogen (secondary N) is 1. The van der Waals surface area contributed by atoms with Crippen molar-refractivity contribution in [3.63, 3.8) is 0 Å². The third kappa shape index (κ3) is 4.69. The molecule has 2 aliphatic carbocycles. The van der Waals surface area contributed by atoms with Gasteiger partial charge < -0.3 is 11.1 Å². The molecule has 25 heavy (non-hydrogen) atoms. The van der Waals surface area contributed by atoms with E-state index < -0.39 is 0 Å². The number of nitrogens with zero attached hydrogens (tertiary/aromatic N) is 1. The first-order chi connectivity index (χ1) is 11.2. The normalized spacial score (nSPS) is 28.3. The largest absolute Gasteiger partial charge is 0.354 e. The van der Waals surface area contributed by atoms with Crippen molar-refractivity contribution >= 4 is 42.1 Å². The Bertz CT molecular complexity index is 522. The Labute approximate surface area is 167 Å². The number of rotatable bonds is 7. The molecule has 3 N–H and O–H groups in total. The summed E-state index contributed by atoms with van der Waals surface area (Å²) in [4.78, 5) is 15.1. The molecule has 1 aromatic rings. The Balaban J connectivity index is 0.00000156. The van der Waals surface area contributed by atoms with Gasteiger partial charge in [0.15, 0.2) is 0 Å². The van der Waals surface area contributed by atoms with E-state index in [1.165, 1.54) is 18.4 Å². The number of hydrogen-bond donors (Lipinski definition) is 2. The number of halogens is 2. The fourth-order valence-electron chi connectivity index (χ4n) is 4.63. The van der Waals surface area contributed by atoms with E-state index in [0.29, 0.717) is 18.4 Å². The number of thiophene rings is 1. The lowest BCUT2D eigenvalue weighted by molar-refractivity contribution is -0.127. The molecule has 144 valence electrons. The lowest BCUT2D eigenvalue weighted by Crippen LogP contribution is -2.47. The minimum Gasteiger partial charge on any atom is -0.354 e. The third-order valence-corrected chi connectivity index (χ3v) is 6.64. The van der Waals surface area contributed by atoms with Crippen LogP contribution in [0.1, 0.15) is 44.7 Å². The van der Waals surface area contributed by atoms with Gasteiger partial charge in [-0.05, 0) is 66.6 Å². The summed E-state index contributed by atoms with van der Waals surface area (Å²) in [6.45, 7) is 7.01. The predicted molar refractivity (Wildman–Crippen MR) is 110 cm³/mol. The number of likely N-dealkylation sites (N-methyl/N-ethyl adjacent to an activating group) is 1. The van der Waals surface area contributed by atoms with Crippen LogP contribution in [0.15, 0.2) is 16.8 Å². The predicted octanol–water partition coefficient (Wildman–Crippen LogP) is 3.46. The first-order valence-electron chi connectivity index (χ1n) is 8.95. The molecule has 0 radical (unpaired) electrons. The summed E-state index contributed by atoms with van der Waals surface area (Å²) >= 11 is 1.72. The summed E-state index contributed by atoms with van der Waals surface area (Å²) < 4.78 is 0. The quantitative estimate of drug-likeness (QED) is 0.727. The number of carbonyl (C=O) groups excluding carboxylic acids is 1. The fraction of sp³-hybridized carbons (Fsp3) is 0.722. The molecule has 2 saturated carbocycles. The van der Waals surface area contributed by atoms with E-state index in [1.54, 1.807) is 11.3 Å². The van der Waals surface area contributed by atoms with Crippen LogP contribution < -0.4 is 11.1 Å². The highest BCUT2D eigenvalue weighted by Crippen LogP contribution is 2.47. The minimum absolute atomic E-state index is 0. The van der Waals surface area contributed by atoms with E-state index in [-0.39, 0.29) is 48.7 Å². The van der Waals surface area contributed by atoms with Gasteiger partial charge in [-0.25, -0.2) is 0 Å². The second-order valence-corrected chi connectivity index (χ2v) is 7.76. The van der Waals surface area contributed by atoms with Crippen molar-refractivity contribution in [2.24, 2.45) is 23.5 Å². The molecule has 4 nitrogen and oxygen atoms in total. The van der Waals surface area contributed by atoms with Crippen LogP contribution in [0, 0.1) is 17.8 Å². The third-order valence-electron chi connectivity index (χ3n) is 5.93. The number of fused-ring (bicyclic) bond motifs is 2. The van der Waals surface area contributed by atoms with E-state index in [9.17, 15) is 4.79 Å². The van der Waals surface area contributed by atoms with Crippen molar-refractivity contribution in [3.05, 3.63) is 22.4 Å². The molecular formula is C18H31Cl2N3OS. The molecule has 2 fully saturated rings. The summed E-state index contributed by atoms with van der Waals surface area (Å²) in [7, 11) is 0. The second kappa shape index (κ2) is 10.1. The van der Waals surface area contributed by atoms with Gasteiger partial charge in [0.05, 0.1) is 12.0 Å². The van der Waals surface area contributed by atoms with E-state index in [4.69, 9.17) is 5.73 Å². The van der Waals surface area contributed by atoms with Crippen molar-refractivity contribution in [2.45, 2.75) is 45.2 Å². The van der Waals surface area contributed by atoms with Gasteiger partial charge in [0.1, 0.15) is 0 Å². The van der Waals surface area contributed by atoms with Crippen LogP contribution in [0.4, 0.5) is 0 Å². The summed E-state index contributed by atoms with van der Waals surface area (Å²) in [6.07, 6.45) is 3.55. The maximum absolute atomic E-state index is 12.7. The van der Waals surface area contributed by atoms with Gasteiger partial charge in [-0.2, -0.15) is 11.3 Å². The van der Waals surface area contributed by atoms with Gasteiger partial charge in [0, 0.05) is 12.6 Å². The number of nitrogens with two attached hydrogens (primary N) is 1. The highest BCUT2D eigenvalue weighted by molar-refractivity contribution is 7.07. The Hall–Kier alpha value is -0.330. The van der Waals surface area contributed by atoms with Crippen LogP contribution in [-0.2, 0) is 4.79 Å². The van der Waals surface area contributed by atoms with E-state index in [2.05, 4.69) is 40.9 Å². The smallest absolute Gasteiger partial charge is 0.225 e. The molecule has 7 heteroatoms. The summed E-state index contributed by atoms with van der Waals surface area (Å²) in [5.41, 5.74) is 7.61. The highest BCUT2D eigenvalue weighted by Gasteiger charge is 2.49. The zero-order valence-electron chi connectivity index (χ0n) is 15.0. The molecule has 2 aliphatic rings. The Morgan fingerprint density at radius 2 is 2.00 bits per heavy atom. The molecule has 1 amide bonds. The van der Waals surface area contributed by atoms with Crippen LogP contribution in [0.2, 0.25) is 0 Å². The lowest BCUT2D eigenvalue weighted by atomic mass is 9.84. The van der Waals surface area contributed by atoms with Crippen molar-refractivity contribution in [3.8, 4) is 0 Å². The Morgan fingerprint density at radius 3 is 2.52 bits per heavy atom. The topological polar surface area (TPSA) is 58.4 Å². The van der Waals surface area contributed by atoms with Crippen molar-refractivity contribution in [1.29, 1.82) is 0 Å². The molecule has 3 rings (SSSR count). The number of hydrogen-bond acceptors (Lipinski definition) is 4. The van der Waals surface area contributed by atoms with Gasteiger partial charge >= 0.3 is 0 Å². The van der Waals surface area contributed by atoms with Crippen LogP contribution in [0.3, 0.4) is 0 Å². The summed E-state index contributed by atoms with van der Waals surface area (Å²) in [5, 5.41) is 7.52. The first-order valence-corrected chi connectivity index (χ1v) is 9.89. The first kappa shape index (κ1) is 22.7. The van der Waals surface area contributed by atoms with Gasteiger partial charge in [0.25, 0.3) is 0 Å². The average molecular weight is 408 g/mol. The van der Waals surface area contributed by atoms with E-state index in [0.717, 1.165) is 19.5 Å². The number of carbonyl (C=O) groups is 1. The van der Waals surface area contributed by atoms with Gasteiger partial charge in [-0.3, -0.25) is 9.69 Å². The molecule has 2 bridgehead atoms. The van der Waals surface area contributed by atoms with Crippen LogP contribution in [-0.4, -0.2) is 36.5 Å². The fourth-order valence-corrected chi connectivity index (χ4v) is 5.33. The zero-order chi connectivity index (χ0) is 16.4. The molecule has 5 atom stereocenters. The monoisotopic (exact) mass is 407 g/mol. The zero-order valence-corrected chi connectivity index (χ0v) is 17.5. The van der Waals surface area contributed by atoms with E-state index in [1.807, 2.05) is 0 Å².